The highest BCUT2D eigenvalue weighted by Gasteiger charge is 2.30. The minimum atomic E-state index is -0.439. The zero-order valence-corrected chi connectivity index (χ0v) is 29.6. The van der Waals surface area contributed by atoms with E-state index in [1.165, 1.54) is 0 Å². The number of aromatic hydroxyl groups is 1. The standard InChI is InChI=1S/C41H46N4O5/c1-6-42(7-2)29-18-20-31(28(5)26-29)38(47)32-14-10-12-16-34(32)40(49)44-22-24-45(25-23-44)41(50)35-17-13-11-15-33(35)39(48)36-21-19-30(27-37(36)46)43(8-3)9-4/h10-21,26-27,46H,6-9,22-25H2,1-5H3. The van der Waals surface area contributed by atoms with Crippen LogP contribution in [0.5, 0.6) is 5.75 Å². The van der Waals surface area contributed by atoms with Gasteiger partial charge in [-0.25, -0.2) is 0 Å². The lowest BCUT2D eigenvalue weighted by Crippen LogP contribution is -2.51. The van der Waals surface area contributed by atoms with Gasteiger partial charge in [0.1, 0.15) is 5.75 Å². The van der Waals surface area contributed by atoms with Crippen molar-refractivity contribution in [2.24, 2.45) is 0 Å². The molecule has 4 aromatic carbocycles. The van der Waals surface area contributed by atoms with E-state index in [1.54, 1.807) is 76.5 Å². The van der Waals surface area contributed by atoms with E-state index in [4.69, 9.17) is 0 Å². The van der Waals surface area contributed by atoms with Crippen molar-refractivity contribution >= 4 is 34.8 Å². The second kappa shape index (κ2) is 15.8. The number of phenolic OH excluding ortho intramolecular Hbond substituents is 1. The number of aryl methyl sites for hydroxylation is 1. The van der Waals surface area contributed by atoms with Gasteiger partial charge in [-0.3, -0.25) is 19.2 Å². The van der Waals surface area contributed by atoms with Crippen molar-refractivity contribution in [2.45, 2.75) is 34.6 Å². The molecule has 9 heteroatoms. The van der Waals surface area contributed by atoms with E-state index in [-0.39, 0.29) is 66.2 Å². The van der Waals surface area contributed by atoms with E-state index >= 15 is 0 Å². The predicted molar refractivity (Wildman–Crippen MR) is 198 cm³/mol. The van der Waals surface area contributed by atoms with Crippen LogP contribution in [0.25, 0.3) is 0 Å². The molecule has 0 aliphatic carbocycles. The summed E-state index contributed by atoms with van der Waals surface area (Å²) in [5, 5.41) is 10.8. The van der Waals surface area contributed by atoms with Crippen molar-refractivity contribution in [3.63, 3.8) is 0 Å². The molecular weight excluding hydrogens is 628 g/mol. The van der Waals surface area contributed by atoms with E-state index in [9.17, 15) is 24.3 Å². The van der Waals surface area contributed by atoms with Crippen LogP contribution in [0.2, 0.25) is 0 Å². The molecule has 1 saturated heterocycles. The number of hydrogen-bond donors (Lipinski definition) is 1. The Hall–Kier alpha value is -5.44. The maximum absolute atomic E-state index is 13.8. The van der Waals surface area contributed by atoms with Crippen LogP contribution in [-0.2, 0) is 0 Å². The number of amides is 2. The fourth-order valence-electron chi connectivity index (χ4n) is 6.66. The molecule has 0 saturated carbocycles. The van der Waals surface area contributed by atoms with Crippen molar-refractivity contribution < 1.29 is 24.3 Å². The molecule has 4 aromatic rings. The third kappa shape index (κ3) is 7.27. The highest BCUT2D eigenvalue weighted by atomic mass is 16.3. The van der Waals surface area contributed by atoms with Crippen LogP contribution in [0, 0.1) is 6.92 Å². The average Bonchev–Trinajstić information content (AvgIpc) is 3.15. The number of benzene rings is 4. The van der Waals surface area contributed by atoms with Crippen LogP contribution in [0.4, 0.5) is 11.4 Å². The summed E-state index contributed by atoms with van der Waals surface area (Å²) in [6, 6.07) is 24.3. The number of phenols is 1. The van der Waals surface area contributed by atoms with Crippen molar-refractivity contribution in [3.8, 4) is 5.75 Å². The van der Waals surface area contributed by atoms with Gasteiger partial charge in [0.2, 0.25) is 0 Å². The lowest BCUT2D eigenvalue weighted by Gasteiger charge is -2.35. The third-order valence-corrected chi connectivity index (χ3v) is 9.60. The lowest BCUT2D eigenvalue weighted by molar-refractivity contribution is 0.0533. The van der Waals surface area contributed by atoms with E-state index in [0.717, 1.165) is 43.1 Å². The fourth-order valence-corrected chi connectivity index (χ4v) is 6.66. The van der Waals surface area contributed by atoms with Crippen molar-refractivity contribution in [1.29, 1.82) is 0 Å². The second-order valence-electron chi connectivity index (χ2n) is 12.4. The molecule has 1 aliphatic rings. The molecule has 0 radical (unpaired) electrons. The van der Waals surface area contributed by atoms with Gasteiger partial charge in [-0.1, -0.05) is 36.4 Å². The molecular formula is C41H46N4O5. The molecule has 5 rings (SSSR count). The van der Waals surface area contributed by atoms with Gasteiger partial charge >= 0.3 is 0 Å². The van der Waals surface area contributed by atoms with Gasteiger partial charge in [0.15, 0.2) is 11.6 Å². The number of hydrogen-bond acceptors (Lipinski definition) is 7. The van der Waals surface area contributed by atoms with Gasteiger partial charge in [-0.15, -0.1) is 0 Å². The maximum atomic E-state index is 13.8. The summed E-state index contributed by atoms with van der Waals surface area (Å²) in [6.07, 6.45) is 0. The van der Waals surface area contributed by atoms with Crippen LogP contribution in [0.3, 0.4) is 0 Å². The van der Waals surface area contributed by atoms with Gasteiger partial charge in [-0.05, 0) is 82.6 Å². The van der Waals surface area contributed by atoms with Crippen LogP contribution in [0.15, 0.2) is 84.9 Å². The summed E-state index contributed by atoms with van der Waals surface area (Å²) in [6.45, 7) is 14.5. The molecule has 0 atom stereocenters. The molecule has 1 fully saturated rings. The molecule has 50 heavy (non-hydrogen) atoms. The Morgan fingerprint density at radius 3 is 1.32 bits per heavy atom. The molecule has 1 aliphatic heterocycles. The monoisotopic (exact) mass is 674 g/mol. The number of carbonyl (C=O) groups is 4. The summed E-state index contributed by atoms with van der Waals surface area (Å²) in [5.41, 5.74) is 4.50. The third-order valence-electron chi connectivity index (χ3n) is 9.60. The van der Waals surface area contributed by atoms with Crippen LogP contribution in [-0.4, -0.2) is 90.6 Å². The topological polar surface area (TPSA) is 101 Å². The van der Waals surface area contributed by atoms with Crippen LogP contribution >= 0.6 is 0 Å². The Morgan fingerprint density at radius 1 is 0.540 bits per heavy atom. The van der Waals surface area contributed by atoms with Crippen molar-refractivity contribution in [2.75, 3.05) is 62.2 Å². The quantitative estimate of drug-likeness (QED) is 0.172. The van der Waals surface area contributed by atoms with Gasteiger partial charge in [0.25, 0.3) is 11.8 Å². The first-order valence-electron chi connectivity index (χ1n) is 17.4. The minimum absolute atomic E-state index is 0.125. The molecule has 1 N–H and O–H groups in total. The van der Waals surface area contributed by atoms with Crippen LogP contribution < -0.4 is 9.80 Å². The lowest BCUT2D eigenvalue weighted by atomic mass is 9.94. The van der Waals surface area contributed by atoms with Crippen molar-refractivity contribution in [3.05, 3.63) is 124 Å². The summed E-state index contributed by atoms with van der Waals surface area (Å²) >= 11 is 0. The Labute approximate surface area is 294 Å². The fraction of sp³-hybridized carbons (Fsp3) is 0.317. The highest BCUT2D eigenvalue weighted by molar-refractivity contribution is 6.17. The van der Waals surface area contributed by atoms with Gasteiger partial charge in [0, 0.05) is 86.5 Å². The molecule has 260 valence electrons. The van der Waals surface area contributed by atoms with Gasteiger partial charge in [0.05, 0.1) is 16.7 Å². The zero-order chi connectivity index (χ0) is 35.9. The Balaban J connectivity index is 1.30. The molecule has 0 aromatic heterocycles. The number of anilines is 2. The number of ketones is 2. The van der Waals surface area contributed by atoms with E-state index in [2.05, 4.69) is 23.6 Å². The van der Waals surface area contributed by atoms with E-state index in [0.29, 0.717) is 16.7 Å². The smallest absolute Gasteiger partial charge is 0.254 e. The second-order valence-corrected chi connectivity index (χ2v) is 12.4. The first kappa shape index (κ1) is 35.9. The molecule has 2 amide bonds. The first-order valence-corrected chi connectivity index (χ1v) is 17.4. The Morgan fingerprint density at radius 2 is 0.920 bits per heavy atom. The average molecular weight is 675 g/mol. The molecule has 0 bridgehead atoms. The zero-order valence-electron chi connectivity index (χ0n) is 29.6. The van der Waals surface area contributed by atoms with Crippen molar-refractivity contribution in [1.82, 2.24) is 9.80 Å². The maximum Gasteiger partial charge on any atom is 0.254 e. The first-order chi connectivity index (χ1) is 24.1. The predicted octanol–water partition coefficient (Wildman–Crippen LogP) is 6.45. The highest BCUT2D eigenvalue weighted by Crippen LogP contribution is 2.29. The summed E-state index contributed by atoms with van der Waals surface area (Å²) in [4.78, 5) is 62.7. The van der Waals surface area contributed by atoms with E-state index in [1.807, 2.05) is 39.0 Å². The van der Waals surface area contributed by atoms with Crippen LogP contribution in [0.1, 0.15) is 85.8 Å². The number of nitrogens with zero attached hydrogens (tertiary/aromatic N) is 4. The molecule has 0 spiro atoms. The SMILES string of the molecule is CCN(CC)c1ccc(C(=O)c2ccccc2C(=O)N2CCN(C(=O)c3ccccc3C(=O)c3ccc(N(CC)CC)cc3O)CC2)c(C)c1. The normalized spacial score (nSPS) is 12.8. The Bertz CT molecular complexity index is 1750. The summed E-state index contributed by atoms with van der Waals surface area (Å²) < 4.78 is 0. The molecule has 9 nitrogen and oxygen atoms in total. The molecule has 0 unspecified atom stereocenters. The number of carbonyl (C=O) groups excluding carboxylic acids is 4. The number of piperazine rings is 1. The minimum Gasteiger partial charge on any atom is -0.507 e. The number of rotatable bonds is 12. The Kier molecular flexibility index (Phi) is 11.4. The van der Waals surface area contributed by atoms with Gasteiger partial charge in [-0.2, -0.15) is 0 Å². The molecule has 1 heterocycles. The summed E-state index contributed by atoms with van der Waals surface area (Å²) in [5.74, 6) is -1.37. The summed E-state index contributed by atoms with van der Waals surface area (Å²) in [7, 11) is 0. The van der Waals surface area contributed by atoms with E-state index < -0.39 is 5.78 Å². The largest absolute Gasteiger partial charge is 0.507 e. The van der Waals surface area contributed by atoms with Gasteiger partial charge < -0.3 is 24.7 Å².